The molecule has 0 aliphatic rings. The van der Waals surface area contributed by atoms with Crippen molar-refractivity contribution in [1.82, 2.24) is 9.97 Å². The summed E-state index contributed by atoms with van der Waals surface area (Å²) >= 11 is 7.18. The van der Waals surface area contributed by atoms with Gasteiger partial charge in [0.05, 0.1) is 11.1 Å². The maximum Gasteiger partial charge on any atom is 0.416 e. The Hall–Kier alpha value is -2.45. The number of thiazole rings is 1. The lowest BCUT2D eigenvalue weighted by molar-refractivity contribution is -0.137. The van der Waals surface area contributed by atoms with Gasteiger partial charge in [0.1, 0.15) is 0 Å². The topological polar surface area (TPSA) is 54.9 Å². The number of alkyl halides is 3. The molecule has 0 saturated carbocycles. The Morgan fingerprint density at radius 2 is 2.04 bits per heavy atom. The monoisotopic (exact) mass is 397 g/mol. The number of carbonyl (C=O) groups is 1. The highest BCUT2D eigenvalue weighted by molar-refractivity contribution is 7.15. The average Bonchev–Trinajstić information content (AvgIpc) is 3.03. The van der Waals surface area contributed by atoms with Gasteiger partial charge in [0.2, 0.25) is 0 Å². The molecule has 0 aliphatic carbocycles. The van der Waals surface area contributed by atoms with Gasteiger partial charge in [-0.15, -0.1) is 11.3 Å². The van der Waals surface area contributed by atoms with Gasteiger partial charge in [0, 0.05) is 34.9 Å². The molecule has 1 N–H and O–H groups in total. The zero-order valence-electron chi connectivity index (χ0n) is 13.0. The quantitative estimate of drug-likeness (QED) is 0.670. The number of nitrogens with zero attached hydrogens (tertiary/aromatic N) is 2. The number of hydrogen-bond acceptors (Lipinski definition) is 4. The predicted octanol–water partition coefficient (Wildman–Crippen LogP) is 5.05. The minimum absolute atomic E-state index is 0.184. The molecular weight excluding hydrogens is 387 g/mol. The van der Waals surface area contributed by atoms with Crippen molar-refractivity contribution in [1.29, 1.82) is 0 Å². The Balaban J connectivity index is 1.74. The van der Waals surface area contributed by atoms with Crippen molar-refractivity contribution in [3.63, 3.8) is 0 Å². The number of amides is 1. The second-order valence-electron chi connectivity index (χ2n) is 5.31. The molecule has 0 bridgehead atoms. The smallest absolute Gasteiger partial charge is 0.298 e. The lowest BCUT2D eigenvalue weighted by Crippen LogP contribution is -2.11. The number of aromatic nitrogens is 2. The number of nitrogens with one attached hydrogen (secondary N) is 1. The maximum atomic E-state index is 12.8. The van der Waals surface area contributed by atoms with E-state index >= 15 is 0 Å². The predicted molar refractivity (Wildman–Crippen MR) is 93.6 cm³/mol. The highest BCUT2D eigenvalue weighted by Gasteiger charge is 2.30. The average molecular weight is 398 g/mol. The molecule has 2 heterocycles. The zero-order valence-corrected chi connectivity index (χ0v) is 14.6. The molecule has 0 saturated heterocycles. The Morgan fingerprint density at radius 3 is 2.73 bits per heavy atom. The van der Waals surface area contributed by atoms with Crippen LogP contribution < -0.4 is 5.32 Å². The van der Waals surface area contributed by atoms with E-state index in [0.29, 0.717) is 21.1 Å². The minimum Gasteiger partial charge on any atom is -0.298 e. The highest BCUT2D eigenvalue weighted by Crippen LogP contribution is 2.33. The number of rotatable bonds is 4. The van der Waals surface area contributed by atoms with Gasteiger partial charge in [-0.2, -0.15) is 13.2 Å². The number of pyridine rings is 1. The van der Waals surface area contributed by atoms with Gasteiger partial charge in [0.15, 0.2) is 5.13 Å². The Morgan fingerprint density at radius 1 is 1.23 bits per heavy atom. The van der Waals surface area contributed by atoms with Crippen LogP contribution in [0.3, 0.4) is 0 Å². The number of carbonyl (C=O) groups excluding carboxylic acids is 1. The van der Waals surface area contributed by atoms with Crippen molar-refractivity contribution in [2.24, 2.45) is 0 Å². The fraction of sp³-hybridized carbons (Fsp3) is 0.118. The van der Waals surface area contributed by atoms with Gasteiger partial charge in [0.25, 0.3) is 5.91 Å². The van der Waals surface area contributed by atoms with E-state index in [0.717, 1.165) is 12.1 Å². The van der Waals surface area contributed by atoms with Crippen molar-refractivity contribution in [3.8, 4) is 0 Å². The SMILES string of the molecule is O=C(Nc1ncc(Cc2cc(C(F)(F)F)ccc2Cl)s1)c1cccnc1. The number of hydrogen-bond donors (Lipinski definition) is 1. The van der Waals surface area contributed by atoms with Gasteiger partial charge in [-0.1, -0.05) is 11.6 Å². The molecule has 1 amide bonds. The second-order valence-corrected chi connectivity index (χ2v) is 6.83. The molecule has 9 heteroatoms. The fourth-order valence-corrected chi connectivity index (χ4v) is 3.20. The lowest BCUT2D eigenvalue weighted by Gasteiger charge is -2.09. The molecule has 4 nitrogen and oxygen atoms in total. The first-order valence-electron chi connectivity index (χ1n) is 7.34. The van der Waals surface area contributed by atoms with Crippen molar-refractivity contribution in [2.75, 3.05) is 5.32 Å². The third kappa shape index (κ3) is 4.39. The third-order valence-corrected chi connectivity index (χ3v) is 4.72. The summed E-state index contributed by atoms with van der Waals surface area (Å²) in [6.45, 7) is 0. The number of halogens is 4. The summed E-state index contributed by atoms with van der Waals surface area (Å²) in [6.07, 6.45) is 0.225. The molecular formula is C17H11ClF3N3OS. The van der Waals surface area contributed by atoms with Crippen LogP contribution in [-0.2, 0) is 12.6 Å². The van der Waals surface area contributed by atoms with Crippen molar-refractivity contribution < 1.29 is 18.0 Å². The van der Waals surface area contributed by atoms with E-state index in [9.17, 15) is 18.0 Å². The molecule has 2 aromatic heterocycles. The molecule has 0 atom stereocenters. The van der Waals surface area contributed by atoms with E-state index in [-0.39, 0.29) is 17.4 Å². The summed E-state index contributed by atoms with van der Waals surface area (Å²) < 4.78 is 38.5. The molecule has 0 spiro atoms. The molecule has 0 fully saturated rings. The van der Waals surface area contributed by atoms with E-state index in [2.05, 4.69) is 15.3 Å². The molecule has 0 unspecified atom stereocenters. The van der Waals surface area contributed by atoms with Crippen molar-refractivity contribution >= 4 is 34.0 Å². The van der Waals surface area contributed by atoms with E-state index in [1.165, 1.54) is 29.8 Å². The summed E-state index contributed by atoms with van der Waals surface area (Å²) in [4.78, 5) is 20.7. The maximum absolute atomic E-state index is 12.8. The van der Waals surface area contributed by atoms with Gasteiger partial charge < -0.3 is 0 Å². The van der Waals surface area contributed by atoms with Gasteiger partial charge in [-0.05, 0) is 35.9 Å². The van der Waals surface area contributed by atoms with Crippen LogP contribution in [0.5, 0.6) is 0 Å². The largest absolute Gasteiger partial charge is 0.416 e. The third-order valence-electron chi connectivity index (χ3n) is 3.44. The van der Waals surface area contributed by atoms with Crippen LogP contribution in [0.2, 0.25) is 5.02 Å². The van der Waals surface area contributed by atoms with Crippen LogP contribution in [0, 0.1) is 0 Å². The molecule has 26 heavy (non-hydrogen) atoms. The van der Waals surface area contributed by atoms with Crippen molar-refractivity contribution in [2.45, 2.75) is 12.6 Å². The standard InChI is InChI=1S/C17H11ClF3N3OS/c18-14-4-3-12(17(19,20)21)6-11(14)7-13-9-23-16(26-13)24-15(25)10-2-1-5-22-8-10/h1-6,8-9H,7H2,(H,23,24,25). The molecule has 0 aliphatic heterocycles. The molecule has 3 rings (SSSR count). The summed E-state index contributed by atoms with van der Waals surface area (Å²) in [5, 5.41) is 3.22. The Kier molecular flexibility index (Phi) is 5.24. The van der Waals surface area contributed by atoms with Crippen LogP contribution in [0.25, 0.3) is 0 Å². The van der Waals surface area contributed by atoms with Gasteiger partial charge in [-0.3, -0.25) is 15.1 Å². The first-order valence-corrected chi connectivity index (χ1v) is 8.54. The van der Waals surface area contributed by atoms with Crippen molar-refractivity contribution in [3.05, 3.63) is 75.5 Å². The number of anilines is 1. The first kappa shape index (κ1) is 18.3. The summed E-state index contributed by atoms with van der Waals surface area (Å²) in [7, 11) is 0. The van der Waals surface area contributed by atoms with Crippen LogP contribution >= 0.6 is 22.9 Å². The fourth-order valence-electron chi connectivity index (χ4n) is 2.19. The van der Waals surface area contributed by atoms with Crippen LogP contribution in [0.1, 0.15) is 26.4 Å². The Labute approximate surface area is 155 Å². The summed E-state index contributed by atoms with van der Waals surface area (Å²) in [5.74, 6) is -0.365. The van der Waals surface area contributed by atoms with Crippen LogP contribution in [-0.4, -0.2) is 15.9 Å². The van der Waals surface area contributed by atoms with E-state index in [1.807, 2.05) is 0 Å². The van der Waals surface area contributed by atoms with E-state index in [1.54, 1.807) is 18.3 Å². The first-order chi connectivity index (χ1) is 12.3. The van der Waals surface area contributed by atoms with E-state index < -0.39 is 11.7 Å². The minimum atomic E-state index is -4.43. The molecule has 3 aromatic rings. The van der Waals surface area contributed by atoms with Crippen LogP contribution in [0.15, 0.2) is 48.9 Å². The van der Waals surface area contributed by atoms with Gasteiger partial charge >= 0.3 is 6.18 Å². The highest BCUT2D eigenvalue weighted by atomic mass is 35.5. The summed E-state index contributed by atoms with van der Waals surface area (Å²) in [6, 6.07) is 6.44. The Bertz CT molecular complexity index is 929. The lowest BCUT2D eigenvalue weighted by atomic mass is 10.1. The molecule has 0 radical (unpaired) electrons. The zero-order chi connectivity index (χ0) is 18.7. The molecule has 1 aromatic carbocycles. The van der Waals surface area contributed by atoms with E-state index in [4.69, 9.17) is 11.6 Å². The second kappa shape index (κ2) is 7.43. The normalized spacial score (nSPS) is 11.4. The number of benzene rings is 1. The van der Waals surface area contributed by atoms with Crippen LogP contribution in [0.4, 0.5) is 18.3 Å². The molecule has 134 valence electrons. The van der Waals surface area contributed by atoms with Gasteiger partial charge in [-0.25, -0.2) is 4.98 Å². The summed E-state index contributed by atoms with van der Waals surface area (Å²) in [5.41, 5.74) is -0.0352.